The molecule has 0 aliphatic carbocycles. The molecule has 0 radical (unpaired) electrons. The normalized spacial score (nSPS) is 11.7. The van der Waals surface area contributed by atoms with Gasteiger partial charge in [-0.25, -0.2) is 4.98 Å². The fourth-order valence-corrected chi connectivity index (χ4v) is 4.56. The van der Waals surface area contributed by atoms with Crippen LogP contribution in [0.2, 0.25) is 0 Å². The van der Waals surface area contributed by atoms with Crippen molar-refractivity contribution in [3.8, 4) is 0 Å². The van der Waals surface area contributed by atoms with Crippen LogP contribution in [0, 0.1) is 0 Å². The first-order chi connectivity index (χ1) is 11.8. The summed E-state index contributed by atoms with van der Waals surface area (Å²) < 4.78 is 2.15. The lowest BCUT2D eigenvalue weighted by molar-refractivity contribution is -0.114. The van der Waals surface area contributed by atoms with E-state index in [-0.39, 0.29) is 11.3 Å². The number of nitrogens with zero attached hydrogens (tertiary/aromatic N) is 1. The van der Waals surface area contributed by atoms with Gasteiger partial charge >= 0.3 is 0 Å². The molecule has 1 N–H and O–H groups in total. The molecule has 3 aromatic rings. The van der Waals surface area contributed by atoms with Crippen LogP contribution in [0.25, 0.3) is 10.2 Å². The minimum atomic E-state index is -0.0582. The maximum Gasteiger partial charge on any atom is 0.221 e. The van der Waals surface area contributed by atoms with Crippen molar-refractivity contribution in [1.82, 2.24) is 4.98 Å². The summed E-state index contributed by atoms with van der Waals surface area (Å²) in [5.74, 6) is 0.847. The predicted molar refractivity (Wildman–Crippen MR) is 109 cm³/mol. The molecule has 3 nitrogen and oxygen atoms in total. The van der Waals surface area contributed by atoms with E-state index >= 15 is 0 Å². The average Bonchev–Trinajstić information content (AvgIpc) is 2.94. The van der Waals surface area contributed by atoms with Gasteiger partial charge in [0, 0.05) is 18.4 Å². The monoisotopic (exact) mass is 370 g/mol. The molecular formula is C20H22N2OS2. The van der Waals surface area contributed by atoms with Crippen molar-refractivity contribution in [2.75, 3.05) is 5.32 Å². The Morgan fingerprint density at radius 1 is 1.16 bits per heavy atom. The van der Waals surface area contributed by atoms with E-state index in [4.69, 9.17) is 0 Å². The molecule has 0 bridgehead atoms. The number of carbonyl (C=O) groups is 1. The highest BCUT2D eigenvalue weighted by Crippen LogP contribution is 2.33. The number of nitrogens with one attached hydrogen (secondary N) is 1. The lowest BCUT2D eigenvalue weighted by atomic mass is 9.87. The fraction of sp³-hybridized carbons (Fsp3) is 0.300. The van der Waals surface area contributed by atoms with Crippen molar-refractivity contribution in [3.63, 3.8) is 0 Å². The van der Waals surface area contributed by atoms with Crippen LogP contribution in [0.15, 0.2) is 46.8 Å². The molecular weight excluding hydrogens is 348 g/mol. The zero-order valence-corrected chi connectivity index (χ0v) is 16.6. The second-order valence-electron chi connectivity index (χ2n) is 7.08. The van der Waals surface area contributed by atoms with Gasteiger partial charge in [0.25, 0.3) is 0 Å². The van der Waals surface area contributed by atoms with Gasteiger partial charge < -0.3 is 5.32 Å². The number of aromatic nitrogens is 1. The Morgan fingerprint density at radius 2 is 1.88 bits per heavy atom. The third-order valence-electron chi connectivity index (χ3n) is 3.87. The van der Waals surface area contributed by atoms with Crippen molar-refractivity contribution in [2.45, 2.75) is 43.2 Å². The van der Waals surface area contributed by atoms with Crippen LogP contribution in [-0.2, 0) is 16.0 Å². The van der Waals surface area contributed by atoms with Crippen LogP contribution in [0.4, 0.5) is 5.69 Å². The van der Waals surface area contributed by atoms with E-state index in [1.807, 2.05) is 18.2 Å². The Kier molecular flexibility index (Phi) is 5.16. The first kappa shape index (κ1) is 18.0. The van der Waals surface area contributed by atoms with Gasteiger partial charge in [0.2, 0.25) is 5.91 Å². The van der Waals surface area contributed by atoms with Gasteiger partial charge in [0.15, 0.2) is 4.34 Å². The molecule has 0 aliphatic heterocycles. The molecule has 0 atom stereocenters. The third-order valence-corrected chi connectivity index (χ3v) is 6.10. The fourth-order valence-electron chi connectivity index (χ4n) is 2.49. The molecule has 2 aromatic carbocycles. The smallest absolute Gasteiger partial charge is 0.221 e. The molecule has 1 amide bonds. The molecule has 0 fully saturated rings. The largest absolute Gasteiger partial charge is 0.326 e. The van der Waals surface area contributed by atoms with Crippen LogP contribution in [0.5, 0.6) is 0 Å². The van der Waals surface area contributed by atoms with E-state index in [1.54, 1.807) is 23.1 Å². The summed E-state index contributed by atoms with van der Waals surface area (Å²) in [6.45, 7) is 8.20. The molecule has 0 saturated carbocycles. The molecule has 5 heteroatoms. The zero-order valence-electron chi connectivity index (χ0n) is 14.9. The molecule has 1 heterocycles. The number of thioether (sulfide) groups is 1. The highest BCUT2D eigenvalue weighted by Gasteiger charge is 2.13. The number of carbonyl (C=O) groups excluding carboxylic acids is 1. The van der Waals surface area contributed by atoms with Gasteiger partial charge in [-0.15, -0.1) is 11.3 Å². The summed E-state index contributed by atoms with van der Waals surface area (Å²) in [4.78, 5) is 15.8. The summed E-state index contributed by atoms with van der Waals surface area (Å²) in [5, 5.41) is 2.81. The summed E-state index contributed by atoms with van der Waals surface area (Å²) in [6.07, 6.45) is 0. The summed E-state index contributed by atoms with van der Waals surface area (Å²) in [5.41, 5.74) is 4.63. The van der Waals surface area contributed by atoms with Crippen molar-refractivity contribution in [3.05, 3.63) is 53.6 Å². The van der Waals surface area contributed by atoms with Crippen LogP contribution in [0.3, 0.4) is 0 Å². The Bertz CT molecular complexity index is 892. The van der Waals surface area contributed by atoms with E-state index in [2.05, 4.69) is 55.3 Å². The minimum Gasteiger partial charge on any atom is -0.326 e. The molecule has 25 heavy (non-hydrogen) atoms. The molecule has 1 aromatic heterocycles. The van der Waals surface area contributed by atoms with E-state index in [1.165, 1.54) is 18.1 Å². The second-order valence-corrected chi connectivity index (χ2v) is 9.33. The van der Waals surface area contributed by atoms with Crippen LogP contribution < -0.4 is 5.32 Å². The van der Waals surface area contributed by atoms with Gasteiger partial charge in [-0.2, -0.15) is 0 Å². The van der Waals surface area contributed by atoms with Crippen molar-refractivity contribution >= 4 is 44.9 Å². The average molecular weight is 371 g/mol. The second kappa shape index (κ2) is 7.18. The lowest BCUT2D eigenvalue weighted by Gasteiger charge is -2.19. The number of thiazole rings is 1. The highest BCUT2D eigenvalue weighted by molar-refractivity contribution is 8.00. The first-order valence-corrected chi connectivity index (χ1v) is 10.0. The van der Waals surface area contributed by atoms with E-state index in [0.717, 1.165) is 26.0 Å². The Morgan fingerprint density at radius 3 is 2.52 bits per heavy atom. The van der Waals surface area contributed by atoms with E-state index in [0.29, 0.717) is 0 Å². The van der Waals surface area contributed by atoms with E-state index in [9.17, 15) is 4.79 Å². The summed E-state index contributed by atoms with van der Waals surface area (Å²) >= 11 is 3.42. The maximum atomic E-state index is 11.2. The molecule has 130 valence electrons. The van der Waals surface area contributed by atoms with Gasteiger partial charge in [0.05, 0.1) is 10.2 Å². The van der Waals surface area contributed by atoms with Gasteiger partial charge in [-0.05, 0) is 34.7 Å². The third kappa shape index (κ3) is 4.61. The number of amides is 1. The highest BCUT2D eigenvalue weighted by atomic mass is 32.2. The SMILES string of the molecule is CC(=O)Nc1ccc2nc(SCc3ccc(C(C)(C)C)cc3)sc2c1. The number of anilines is 1. The molecule has 3 rings (SSSR count). The Balaban J connectivity index is 1.69. The van der Waals surface area contributed by atoms with Crippen molar-refractivity contribution in [2.24, 2.45) is 0 Å². The topological polar surface area (TPSA) is 42.0 Å². The van der Waals surface area contributed by atoms with Gasteiger partial charge in [-0.3, -0.25) is 4.79 Å². The summed E-state index contributed by atoms with van der Waals surface area (Å²) in [6, 6.07) is 14.7. The number of rotatable bonds is 4. The molecule has 0 unspecified atom stereocenters. The maximum absolute atomic E-state index is 11.2. The van der Waals surface area contributed by atoms with Crippen molar-refractivity contribution < 1.29 is 4.79 Å². The molecule has 0 aliphatic rings. The van der Waals surface area contributed by atoms with E-state index < -0.39 is 0 Å². The number of fused-ring (bicyclic) bond motifs is 1. The molecule has 0 saturated heterocycles. The van der Waals surface area contributed by atoms with Gasteiger partial charge in [0.1, 0.15) is 0 Å². The number of benzene rings is 2. The van der Waals surface area contributed by atoms with Crippen LogP contribution in [-0.4, -0.2) is 10.9 Å². The summed E-state index contributed by atoms with van der Waals surface area (Å²) in [7, 11) is 0. The minimum absolute atomic E-state index is 0.0582. The molecule has 0 spiro atoms. The standard InChI is InChI=1S/C20H22N2OS2/c1-13(23)21-16-9-10-17-18(11-16)25-19(22-17)24-12-14-5-7-15(8-6-14)20(2,3)4/h5-11H,12H2,1-4H3,(H,21,23). The lowest BCUT2D eigenvalue weighted by Crippen LogP contribution is -2.10. The number of hydrogen-bond acceptors (Lipinski definition) is 4. The first-order valence-electron chi connectivity index (χ1n) is 8.22. The Hall–Kier alpha value is -1.85. The quantitative estimate of drug-likeness (QED) is 0.586. The zero-order chi connectivity index (χ0) is 18.0. The predicted octanol–water partition coefficient (Wildman–Crippen LogP) is 5.84. The number of hydrogen-bond donors (Lipinski definition) is 1. The Labute approximate surface area is 156 Å². The van der Waals surface area contributed by atoms with Gasteiger partial charge in [-0.1, -0.05) is 56.8 Å². The van der Waals surface area contributed by atoms with Crippen LogP contribution >= 0.6 is 23.1 Å². The van der Waals surface area contributed by atoms with Crippen molar-refractivity contribution in [1.29, 1.82) is 0 Å². The van der Waals surface area contributed by atoms with Crippen LogP contribution in [0.1, 0.15) is 38.8 Å².